The van der Waals surface area contributed by atoms with Gasteiger partial charge in [0, 0.05) is 0 Å². The SMILES string of the molecule is CC.CC.CC/C(=C\CC1CC=C(C)C1(C)C)CO.CC1CCCC(C2CC3CC2C(C)C3(C)C)C1. The van der Waals surface area contributed by atoms with E-state index in [9.17, 15) is 0 Å². The van der Waals surface area contributed by atoms with Crippen LogP contribution in [0, 0.1) is 52.3 Å². The minimum absolute atomic E-state index is 0.218. The van der Waals surface area contributed by atoms with E-state index in [-0.39, 0.29) is 6.61 Å². The summed E-state index contributed by atoms with van der Waals surface area (Å²) in [6.45, 7) is 27.3. The zero-order valence-corrected chi connectivity index (χ0v) is 26.7. The Labute approximate surface area is 228 Å². The Balaban J connectivity index is 0.000000319. The average molecular weight is 503 g/mol. The van der Waals surface area contributed by atoms with Crippen LogP contribution in [0.4, 0.5) is 0 Å². The van der Waals surface area contributed by atoms with Gasteiger partial charge in [-0.05, 0) is 103 Å². The molecule has 36 heavy (non-hydrogen) atoms. The summed E-state index contributed by atoms with van der Waals surface area (Å²) in [4.78, 5) is 0. The Morgan fingerprint density at radius 1 is 0.972 bits per heavy atom. The number of allylic oxidation sites excluding steroid dienone is 3. The Morgan fingerprint density at radius 2 is 1.58 bits per heavy atom. The van der Waals surface area contributed by atoms with Gasteiger partial charge in [-0.15, -0.1) is 0 Å². The number of fused-ring (bicyclic) bond motifs is 2. The number of hydrogen-bond donors (Lipinski definition) is 1. The normalized spacial score (nSPS) is 36.0. The molecule has 0 saturated heterocycles. The van der Waals surface area contributed by atoms with E-state index < -0.39 is 0 Å². The van der Waals surface area contributed by atoms with Crippen molar-refractivity contribution in [1.82, 2.24) is 0 Å². The third-order valence-electron chi connectivity index (χ3n) is 11.2. The van der Waals surface area contributed by atoms with Crippen molar-refractivity contribution in [3.8, 4) is 0 Å². The molecule has 3 saturated carbocycles. The molecule has 1 heteroatoms. The Kier molecular flexibility index (Phi) is 14.1. The molecule has 0 aliphatic heterocycles. The Morgan fingerprint density at radius 3 is 2.03 bits per heavy atom. The predicted molar refractivity (Wildman–Crippen MR) is 162 cm³/mol. The molecule has 1 N–H and O–H groups in total. The molecule has 0 aromatic heterocycles. The molecule has 1 nitrogen and oxygen atoms in total. The number of aliphatic hydroxyl groups is 1. The van der Waals surface area contributed by atoms with Gasteiger partial charge >= 0.3 is 0 Å². The minimum atomic E-state index is 0.218. The van der Waals surface area contributed by atoms with Crippen LogP contribution in [0.3, 0.4) is 0 Å². The van der Waals surface area contributed by atoms with Gasteiger partial charge in [0.25, 0.3) is 0 Å². The van der Waals surface area contributed by atoms with Gasteiger partial charge in [0.2, 0.25) is 0 Å². The van der Waals surface area contributed by atoms with Crippen LogP contribution in [0.25, 0.3) is 0 Å². The van der Waals surface area contributed by atoms with E-state index in [1.807, 2.05) is 27.7 Å². The summed E-state index contributed by atoms with van der Waals surface area (Å²) in [5, 5.41) is 9.10. The lowest BCUT2D eigenvalue weighted by Crippen LogP contribution is -2.36. The molecule has 2 bridgehead atoms. The highest BCUT2D eigenvalue weighted by molar-refractivity contribution is 5.19. The zero-order valence-electron chi connectivity index (χ0n) is 26.7. The second-order valence-electron chi connectivity index (χ2n) is 13.3. The molecule has 0 radical (unpaired) electrons. The minimum Gasteiger partial charge on any atom is -0.392 e. The summed E-state index contributed by atoms with van der Waals surface area (Å²) < 4.78 is 0. The van der Waals surface area contributed by atoms with Crippen LogP contribution in [0.1, 0.15) is 141 Å². The van der Waals surface area contributed by atoms with Gasteiger partial charge in [-0.1, -0.05) is 113 Å². The summed E-state index contributed by atoms with van der Waals surface area (Å²) >= 11 is 0. The van der Waals surface area contributed by atoms with Gasteiger partial charge in [0.05, 0.1) is 6.61 Å². The van der Waals surface area contributed by atoms with Gasteiger partial charge in [0.15, 0.2) is 0 Å². The van der Waals surface area contributed by atoms with Crippen molar-refractivity contribution in [2.24, 2.45) is 52.3 Å². The summed E-state index contributed by atoms with van der Waals surface area (Å²) in [5.41, 5.74) is 3.67. The quantitative estimate of drug-likeness (QED) is 0.371. The van der Waals surface area contributed by atoms with Gasteiger partial charge in [0.1, 0.15) is 0 Å². The van der Waals surface area contributed by atoms with E-state index in [0.29, 0.717) is 16.7 Å². The van der Waals surface area contributed by atoms with E-state index in [1.54, 1.807) is 25.7 Å². The third kappa shape index (κ3) is 7.74. The van der Waals surface area contributed by atoms with E-state index in [1.165, 1.54) is 30.4 Å². The van der Waals surface area contributed by atoms with Crippen molar-refractivity contribution in [3.63, 3.8) is 0 Å². The lowest BCUT2D eigenvalue weighted by molar-refractivity contribution is 0.0508. The van der Waals surface area contributed by atoms with Crippen LogP contribution in [0.15, 0.2) is 23.3 Å². The third-order valence-corrected chi connectivity index (χ3v) is 11.2. The van der Waals surface area contributed by atoms with E-state index in [0.717, 1.165) is 48.3 Å². The highest BCUT2D eigenvalue weighted by atomic mass is 16.3. The molecule has 4 aliphatic carbocycles. The fourth-order valence-electron chi connectivity index (χ4n) is 7.84. The summed E-state index contributed by atoms with van der Waals surface area (Å²) in [7, 11) is 0. The molecule has 0 spiro atoms. The molecule has 4 aliphatic rings. The van der Waals surface area contributed by atoms with E-state index >= 15 is 0 Å². The molecule has 0 amide bonds. The van der Waals surface area contributed by atoms with Crippen LogP contribution in [-0.2, 0) is 0 Å². The van der Waals surface area contributed by atoms with Crippen molar-refractivity contribution >= 4 is 0 Å². The maximum absolute atomic E-state index is 9.10. The number of rotatable bonds is 5. The molecular formula is C35H66O. The summed E-state index contributed by atoms with van der Waals surface area (Å²) in [6, 6.07) is 0. The molecule has 212 valence electrons. The van der Waals surface area contributed by atoms with Gasteiger partial charge in [-0.25, -0.2) is 0 Å². The molecule has 0 aromatic carbocycles. The first-order valence-corrected chi connectivity index (χ1v) is 16.0. The van der Waals surface area contributed by atoms with Crippen LogP contribution in [-0.4, -0.2) is 11.7 Å². The van der Waals surface area contributed by atoms with Gasteiger partial charge < -0.3 is 5.11 Å². The van der Waals surface area contributed by atoms with Crippen molar-refractivity contribution in [2.75, 3.05) is 6.61 Å². The fraction of sp³-hybridized carbons (Fsp3) is 0.886. The first kappa shape index (κ1) is 33.5. The highest BCUT2D eigenvalue weighted by Gasteiger charge is 2.56. The van der Waals surface area contributed by atoms with Gasteiger partial charge in [-0.2, -0.15) is 0 Å². The van der Waals surface area contributed by atoms with Crippen molar-refractivity contribution in [1.29, 1.82) is 0 Å². The summed E-state index contributed by atoms with van der Waals surface area (Å²) in [6.07, 6.45) is 17.1. The second-order valence-corrected chi connectivity index (χ2v) is 13.3. The molecule has 7 unspecified atom stereocenters. The maximum atomic E-state index is 9.10. The number of aliphatic hydroxyl groups excluding tert-OH is 1. The zero-order chi connectivity index (χ0) is 27.7. The number of hydrogen-bond acceptors (Lipinski definition) is 1. The van der Waals surface area contributed by atoms with E-state index in [2.05, 4.69) is 67.5 Å². The van der Waals surface area contributed by atoms with Crippen LogP contribution < -0.4 is 0 Å². The van der Waals surface area contributed by atoms with Crippen LogP contribution in [0.2, 0.25) is 0 Å². The predicted octanol–water partition coefficient (Wildman–Crippen LogP) is 10.9. The standard InChI is InChI=1S/C17H30.C14H24O.2C2H6/c1-11-6-5-7-13(8-11)16-10-14-9-15(16)12(2)17(14,3)4;1-5-12(10-15)7-9-13-8-6-11(2)14(13,3)4;2*1-2/h11-16H,5-10H2,1-4H3;6-7,13,15H,5,8-10H2,1-4H3;2*1-2H3/b;12-7+;;. The monoisotopic (exact) mass is 503 g/mol. The Bertz CT molecular complexity index is 671. The summed E-state index contributed by atoms with van der Waals surface area (Å²) in [5.74, 6) is 7.01. The highest BCUT2D eigenvalue weighted by Crippen LogP contribution is 2.64. The molecular weight excluding hydrogens is 436 g/mol. The smallest absolute Gasteiger partial charge is 0.0641 e. The topological polar surface area (TPSA) is 20.2 Å². The molecule has 0 aromatic rings. The largest absolute Gasteiger partial charge is 0.392 e. The maximum Gasteiger partial charge on any atom is 0.0641 e. The van der Waals surface area contributed by atoms with Crippen molar-refractivity contribution < 1.29 is 5.11 Å². The molecule has 4 rings (SSSR count). The molecule has 7 atom stereocenters. The molecule has 0 heterocycles. The first-order chi connectivity index (χ1) is 17.0. The Hall–Kier alpha value is -0.560. The van der Waals surface area contributed by atoms with Crippen molar-refractivity contribution in [2.45, 2.75) is 141 Å². The first-order valence-electron chi connectivity index (χ1n) is 16.0. The van der Waals surface area contributed by atoms with Crippen LogP contribution in [0.5, 0.6) is 0 Å². The average Bonchev–Trinajstić information content (AvgIpc) is 3.50. The molecule has 3 fully saturated rings. The second kappa shape index (κ2) is 15.1. The van der Waals surface area contributed by atoms with Crippen molar-refractivity contribution in [3.05, 3.63) is 23.3 Å². The lowest BCUT2D eigenvalue weighted by atomic mass is 9.61. The van der Waals surface area contributed by atoms with Gasteiger partial charge in [-0.3, -0.25) is 0 Å². The lowest BCUT2D eigenvalue weighted by Gasteiger charge is -2.44. The van der Waals surface area contributed by atoms with E-state index in [4.69, 9.17) is 5.11 Å². The fourth-order valence-corrected chi connectivity index (χ4v) is 7.84. The van der Waals surface area contributed by atoms with Crippen LogP contribution >= 0.6 is 0 Å².